The number of aromatic nitrogens is 2. The van der Waals surface area contributed by atoms with Crippen molar-refractivity contribution in [3.63, 3.8) is 0 Å². The van der Waals surface area contributed by atoms with E-state index in [4.69, 9.17) is 5.73 Å². The summed E-state index contributed by atoms with van der Waals surface area (Å²) in [4.78, 5) is 26.9. The van der Waals surface area contributed by atoms with Gasteiger partial charge >= 0.3 is 6.03 Å². The molecule has 1 aliphatic carbocycles. The molecule has 2 aliphatic rings. The Labute approximate surface area is 227 Å². The highest BCUT2D eigenvalue weighted by Gasteiger charge is 2.23. The summed E-state index contributed by atoms with van der Waals surface area (Å²) >= 11 is 0. The van der Waals surface area contributed by atoms with Gasteiger partial charge in [-0.25, -0.2) is 4.79 Å². The lowest BCUT2D eigenvalue weighted by atomic mass is 9.95. The number of carbonyl (C=O) groups is 1. The van der Waals surface area contributed by atoms with Gasteiger partial charge in [-0.15, -0.1) is 0 Å². The van der Waals surface area contributed by atoms with E-state index >= 15 is 0 Å². The lowest BCUT2D eigenvalue weighted by Gasteiger charge is -2.36. The summed E-state index contributed by atoms with van der Waals surface area (Å²) in [6.07, 6.45) is 8.02. The standard InChI is InChI=1S/C28H45N9O/c1-35(2)28(38)37-17-15-36(16-18-37)26-19-25(29)33-27(34-26)32-21-23-11-9-22(10-12-23)20-30-13-6-14-31-24-7-4-3-5-8-24/h9-12,19,24,30-31H,3-8,13-18,20-21H2,1-2H3,(H3,29,32,33,34). The molecular weight excluding hydrogens is 478 g/mol. The molecule has 2 amide bonds. The Morgan fingerprint density at radius 3 is 2.34 bits per heavy atom. The Morgan fingerprint density at radius 2 is 1.66 bits per heavy atom. The fraction of sp³-hybridized carbons (Fsp3) is 0.607. The lowest BCUT2D eigenvalue weighted by molar-refractivity contribution is 0.168. The van der Waals surface area contributed by atoms with E-state index in [9.17, 15) is 4.79 Å². The zero-order chi connectivity index (χ0) is 26.7. The van der Waals surface area contributed by atoms with Crippen LogP contribution in [0.4, 0.5) is 22.4 Å². The maximum absolute atomic E-state index is 12.2. The van der Waals surface area contributed by atoms with Crippen molar-refractivity contribution in [2.75, 3.05) is 69.3 Å². The molecule has 10 nitrogen and oxygen atoms in total. The number of nitrogens with one attached hydrogen (secondary N) is 3. The Balaban J connectivity index is 1.17. The molecule has 1 saturated heterocycles. The maximum Gasteiger partial charge on any atom is 0.319 e. The first-order chi connectivity index (χ1) is 18.5. The number of nitrogens with zero attached hydrogens (tertiary/aromatic N) is 5. The van der Waals surface area contributed by atoms with E-state index in [1.165, 1.54) is 37.7 Å². The van der Waals surface area contributed by atoms with Gasteiger partial charge in [0.25, 0.3) is 0 Å². The minimum Gasteiger partial charge on any atom is -0.383 e. The van der Waals surface area contributed by atoms with Crippen LogP contribution in [0.1, 0.15) is 49.7 Å². The number of anilines is 3. The number of hydrogen-bond donors (Lipinski definition) is 4. The van der Waals surface area contributed by atoms with Crippen LogP contribution in [0.2, 0.25) is 0 Å². The maximum atomic E-state index is 12.2. The molecule has 208 valence electrons. The summed E-state index contributed by atoms with van der Waals surface area (Å²) in [6, 6.07) is 11.2. The second-order valence-corrected chi connectivity index (χ2v) is 10.6. The monoisotopic (exact) mass is 523 g/mol. The summed E-state index contributed by atoms with van der Waals surface area (Å²) in [5.74, 6) is 1.73. The molecule has 0 bridgehead atoms. The molecule has 38 heavy (non-hydrogen) atoms. The predicted octanol–water partition coefficient (Wildman–Crippen LogP) is 2.88. The summed E-state index contributed by atoms with van der Waals surface area (Å²) in [7, 11) is 3.56. The van der Waals surface area contributed by atoms with E-state index in [2.05, 4.69) is 55.1 Å². The van der Waals surface area contributed by atoms with Crippen LogP contribution in [0.3, 0.4) is 0 Å². The summed E-state index contributed by atoms with van der Waals surface area (Å²) in [5, 5.41) is 10.6. The molecule has 1 aromatic carbocycles. The van der Waals surface area contributed by atoms with Gasteiger partial charge in [-0.05, 0) is 43.5 Å². The van der Waals surface area contributed by atoms with Crippen molar-refractivity contribution in [2.24, 2.45) is 0 Å². The average molecular weight is 524 g/mol. The lowest BCUT2D eigenvalue weighted by Crippen LogP contribution is -2.51. The van der Waals surface area contributed by atoms with E-state index in [0.29, 0.717) is 44.5 Å². The van der Waals surface area contributed by atoms with Crippen LogP contribution in [0.5, 0.6) is 0 Å². The van der Waals surface area contributed by atoms with Crippen LogP contribution in [0, 0.1) is 0 Å². The first-order valence-corrected chi connectivity index (χ1v) is 14.1. The molecule has 1 aliphatic heterocycles. The van der Waals surface area contributed by atoms with Crippen molar-refractivity contribution < 1.29 is 4.79 Å². The Morgan fingerprint density at radius 1 is 0.974 bits per heavy atom. The third kappa shape index (κ3) is 8.46. The number of benzene rings is 1. The number of nitrogen functional groups attached to an aromatic ring is 1. The minimum atomic E-state index is 0.0400. The van der Waals surface area contributed by atoms with Crippen molar-refractivity contribution in [3.8, 4) is 0 Å². The molecule has 1 saturated carbocycles. The van der Waals surface area contributed by atoms with Crippen molar-refractivity contribution in [2.45, 2.75) is 57.7 Å². The van der Waals surface area contributed by atoms with Crippen molar-refractivity contribution >= 4 is 23.6 Å². The fourth-order valence-electron chi connectivity index (χ4n) is 5.12. The zero-order valence-electron chi connectivity index (χ0n) is 23.1. The van der Waals surface area contributed by atoms with E-state index in [-0.39, 0.29) is 6.03 Å². The highest BCUT2D eigenvalue weighted by Crippen LogP contribution is 2.19. The van der Waals surface area contributed by atoms with Gasteiger partial charge in [0.15, 0.2) is 0 Å². The predicted molar refractivity (Wildman–Crippen MR) is 154 cm³/mol. The largest absolute Gasteiger partial charge is 0.383 e. The van der Waals surface area contributed by atoms with Gasteiger partial charge in [0.2, 0.25) is 5.95 Å². The molecular formula is C28H45N9O. The third-order valence-corrected chi connectivity index (χ3v) is 7.36. The smallest absolute Gasteiger partial charge is 0.319 e. The molecule has 10 heteroatoms. The summed E-state index contributed by atoms with van der Waals surface area (Å²) in [5.41, 5.74) is 8.53. The van der Waals surface area contributed by atoms with E-state index in [1.807, 2.05) is 4.90 Å². The second-order valence-electron chi connectivity index (χ2n) is 10.6. The Kier molecular flexibility index (Phi) is 10.4. The van der Waals surface area contributed by atoms with Crippen LogP contribution in [-0.4, -0.2) is 85.2 Å². The molecule has 0 radical (unpaired) electrons. The van der Waals surface area contributed by atoms with Gasteiger partial charge in [-0.3, -0.25) is 0 Å². The van der Waals surface area contributed by atoms with Crippen LogP contribution >= 0.6 is 0 Å². The summed E-state index contributed by atoms with van der Waals surface area (Å²) < 4.78 is 0. The zero-order valence-corrected chi connectivity index (χ0v) is 23.1. The number of rotatable bonds is 11. The number of nitrogens with two attached hydrogens (primary N) is 1. The molecule has 2 fully saturated rings. The average Bonchev–Trinajstić information content (AvgIpc) is 2.94. The first kappa shape index (κ1) is 27.9. The van der Waals surface area contributed by atoms with Crippen molar-refractivity contribution in [1.82, 2.24) is 30.4 Å². The minimum absolute atomic E-state index is 0.0400. The molecule has 2 aromatic rings. The molecule has 0 atom stereocenters. The van der Waals surface area contributed by atoms with Gasteiger partial charge in [-0.2, -0.15) is 9.97 Å². The van der Waals surface area contributed by atoms with E-state index < -0.39 is 0 Å². The van der Waals surface area contributed by atoms with Gasteiger partial charge in [-0.1, -0.05) is 43.5 Å². The highest BCUT2D eigenvalue weighted by molar-refractivity contribution is 5.74. The molecule has 0 spiro atoms. The van der Waals surface area contributed by atoms with Gasteiger partial charge in [0.05, 0.1) is 0 Å². The van der Waals surface area contributed by atoms with Crippen LogP contribution in [0.25, 0.3) is 0 Å². The number of hydrogen-bond acceptors (Lipinski definition) is 8. The van der Waals surface area contributed by atoms with Crippen LogP contribution in [0.15, 0.2) is 30.3 Å². The third-order valence-electron chi connectivity index (χ3n) is 7.36. The van der Waals surface area contributed by atoms with Gasteiger partial charge in [0, 0.05) is 65.5 Å². The quantitative estimate of drug-likeness (QED) is 0.333. The fourth-order valence-corrected chi connectivity index (χ4v) is 5.12. The van der Waals surface area contributed by atoms with Crippen molar-refractivity contribution in [3.05, 3.63) is 41.5 Å². The molecule has 1 aromatic heterocycles. The normalized spacial score (nSPS) is 16.5. The van der Waals surface area contributed by atoms with Gasteiger partial charge < -0.3 is 36.4 Å². The number of piperazine rings is 1. The van der Waals surface area contributed by atoms with Gasteiger partial charge in [0.1, 0.15) is 11.6 Å². The number of amides is 2. The molecule has 4 rings (SSSR count). The highest BCUT2D eigenvalue weighted by atomic mass is 16.2. The molecule has 5 N–H and O–H groups in total. The van der Waals surface area contributed by atoms with Crippen molar-refractivity contribution in [1.29, 1.82) is 0 Å². The van der Waals surface area contributed by atoms with E-state index in [1.54, 1.807) is 25.1 Å². The van der Waals surface area contributed by atoms with Crippen LogP contribution in [-0.2, 0) is 13.1 Å². The SMILES string of the molecule is CN(C)C(=O)N1CCN(c2cc(N)nc(NCc3ccc(CNCCCNC4CCCCC4)cc3)n2)CC1. The van der Waals surface area contributed by atoms with Crippen LogP contribution < -0.4 is 26.6 Å². The number of urea groups is 1. The second kappa shape index (κ2) is 14.2. The summed E-state index contributed by atoms with van der Waals surface area (Å²) in [6.45, 7) is 6.36. The Hall–Kier alpha value is -3.11. The molecule has 0 unspecified atom stereocenters. The molecule has 2 heterocycles. The number of carbonyl (C=O) groups excluding carboxylic acids is 1. The first-order valence-electron chi connectivity index (χ1n) is 14.1. The Bertz CT molecular complexity index is 1000. The van der Waals surface area contributed by atoms with E-state index in [0.717, 1.165) is 43.5 Å². The topological polar surface area (TPSA) is 115 Å².